The van der Waals surface area contributed by atoms with E-state index in [0.29, 0.717) is 38.5 Å². The monoisotopic (exact) mass is 345 g/mol. The van der Waals surface area contributed by atoms with Crippen LogP contribution >= 0.6 is 15.9 Å². The predicted octanol–water partition coefficient (Wildman–Crippen LogP) is 2.58. The number of hydrogen-bond donors (Lipinski definition) is 2. The molecule has 2 N–H and O–H groups in total. The molecule has 7 heteroatoms. The Kier molecular flexibility index (Phi) is 2.38. The van der Waals surface area contributed by atoms with E-state index in [1.165, 1.54) is 0 Å². The Morgan fingerprint density at radius 1 is 1.14 bits per heavy atom. The molecule has 0 bridgehead atoms. The number of benzene rings is 1. The van der Waals surface area contributed by atoms with Crippen molar-refractivity contribution in [2.45, 2.75) is 6.92 Å². The summed E-state index contributed by atoms with van der Waals surface area (Å²) in [7, 11) is 0. The van der Waals surface area contributed by atoms with Crippen LogP contribution in [0.5, 0.6) is 0 Å². The van der Waals surface area contributed by atoms with Crippen molar-refractivity contribution in [2.24, 2.45) is 0 Å². The number of aromatic nitrogens is 3. The van der Waals surface area contributed by atoms with Gasteiger partial charge in [-0.3, -0.25) is 15.0 Å². The first-order chi connectivity index (χ1) is 10.1. The third-order valence-corrected chi connectivity index (χ3v) is 4.01. The van der Waals surface area contributed by atoms with E-state index in [1.54, 1.807) is 19.1 Å². The highest BCUT2D eigenvalue weighted by atomic mass is 79.9. The van der Waals surface area contributed by atoms with Crippen LogP contribution in [0.1, 0.15) is 5.69 Å². The van der Waals surface area contributed by atoms with E-state index in [0.717, 1.165) is 4.47 Å². The van der Waals surface area contributed by atoms with Crippen molar-refractivity contribution in [1.82, 2.24) is 15.2 Å². The molecule has 104 valence electrons. The number of aryl methyl sites for hydroxylation is 1. The zero-order valence-electron chi connectivity index (χ0n) is 10.8. The number of pyridine rings is 1. The standard InChI is InChI=1S/C14H8BrN3O3/c1-5-9-10(11-12(16-5)17-18-13(11)19)7-4-6(15)2-3-8(7)21-14(9)20/h2-4H,1H3,(H2,16,17,18,19). The zero-order valence-corrected chi connectivity index (χ0v) is 12.4. The average Bonchev–Trinajstić information content (AvgIpc) is 2.80. The van der Waals surface area contributed by atoms with Gasteiger partial charge < -0.3 is 4.42 Å². The number of fused-ring (bicyclic) bond motifs is 5. The summed E-state index contributed by atoms with van der Waals surface area (Å²) in [4.78, 5) is 28.6. The molecule has 0 spiro atoms. The maximum absolute atomic E-state index is 12.2. The van der Waals surface area contributed by atoms with E-state index in [-0.39, 0.29) is 5.56 Å². The van der Waals surface area contributed by atoms with Gasteiger partial charge in [0.25, 0.3) is 5.56 Å². The van der Waals surface area contributed by atoms with Gasteiger partial charge >= 0.3 is 5.63 Å². The second-order valence-electron chi connectivity index (χ2n) is 4.78. The molecule has 21 heavy (non-hydrogen) atoms. The molecular weight excluding hydrogens is 338 g/mol. The van der Waals surface area contributed by atoms with Crippen LogP contribution in [-0.2, 0) is 0 Å². The lowest BCUT2D eigenvalue weighted by Gasteiger charge is -2.05. The first-order valence-electron chi connectivity index (χ1n) is 6.19. The molecule has 0 aliphatic carbocycles. The average molecular weight is 346 g/mol. The minimum absolute atomic E-state index is 0.311. The first-order valence-corrected chi connectivity index (χ1v) is 6.98. The van der Waals surface area contributed by atoms with Gasteiger partial charge in [-0.05, 0) is 25.1 Å². The van der Waals surface area contributed by atoms with E-state index in [9.17, 15) is 9.59 Å². The van der Waals surface area contributed by atoms with Crippen LogP contribution in [0.25, 0.3) is 32.8 Å². The number of nitrogens with zero attached hydrogens (tertiary/aromatic N) is 1. The van der Waals surface area contributed by atoms with Crippen molar-refractivity contribution in [3.63, 3.8) is 0 Å². The predicted molar refractivity (Wildman–Crippen MR) is 82.7 cm³/mol. The Bertz CT molecular complexity index is 1150. The van der Waals surface area contributed by atoms with Crippen molar-refractivity contribution in [3.05, 3.63) is 49.1 Å². The van der Waals surface area contributed by atoms with Gasteiger partial charge in [-0.1, -0.05) is 15.9 Å². The van der Waals surface area contributed by atoms with Crippen molar-refractivity contribution < 1.29 is 4.42 Å². The molecule has 0 radical (unpaired) electrons. The lowest BCUT2D eigenvalue weighted by Crippen LogP contribution is -2.06. The van der Waals surface area contributed by atoms with Crippen LogP contribution in [0, 0.1) is 6.92 Å². The largest absolute Gasteiger partial charge is 0.422 e. The molecule has 0 saturated heterocycles. The Balaban J connectivity index is 2.51. The van der Waals surface area contributed by atoms with E-state index in [2.05, 4.69) is 31.1 Å². The number of aromatic amines is 2. The van der Waals surface area contributed by atoms with Crippen LogP contribution in [0.4, 0.5) is 0 Å². The summed E-state index contributed by atoms with van der Waals surface area (Å²) in [6.07, 6.45) is 0. The molecule has 0 atom stereocenters. The van der Waals surface area contributed by atoms with Gasteiger partial charge in [-0.15, -0.1) is 0 Å². The number of rotatable bonds is 0. The Morgan fingerprint density at radius 3 is 2.76 bits per heavy atom. The van der Waals surface area contributed by atoms with Crippen LogP contribution in [-0.4, -0.2) is 15.2 Å². The lowest BCUT2D eigenvalue weighted by atomic mass is 10.0. The molecule has 4 aromatic rings. The molecule has 0 aliphatic rings. The Labute approximate surface area is 124 Å². The highest BCUT2D eigenvalue weighted by Crippen LogP contribution is 2.30. The second kappa shape index (κ2) is 4.05. The molecule has 0 aliphatic heterocycles. The fourth-order valence-electron chi connectivity index (χ4n) is 2.65. The summed E-state index contributed by atoms with van der Waals surface area (Å²) in [5.41, 5.74) is 0.574. The molecule has 0 saturated carbocycles. The summed E-state index contributed by atoms with van der Waals surface area (Å²) in [6, 6.07) is 5.30. The zero-order chi connectivity index (χ0) is 14.7. The van der Waals surface area contributed by atoms with Gasteiger partial charge in [-0.25, -0.2) is 9.78 Å². The Hall–Kier alpha value is -2.41. The van der Waals surface area contributed by atoms with Gasteiger partial charge in [-0.2, -0.15) is 0 Å². The molecule has 1 aromatic carbocycles. The SMILES string of the molecule is Cc1nc2[nH][nH]c(=O)c2c2c1c(=O)oc1ccc(Br)cc12. The molecule has 0 amide bonds. The third kappa shape index (κ3) is 1.61. The quantitative estimate of drug-likeness (QED) is 0.378. The van der Waals surface area contributed by atoms with E-state index in [4.69, 9.17) is 4.42 Å². The normalized spacial score (nSPS) is 11.7. The van der Waals surface area contributed by atoms with Gasteiger partial charge in [0, 0.05) is 15.2 Å². The molecule has 0 fully saturated rings. The van der Waals surface area contributed by atoms with E-state index >= 15 is 0 Å². The number of halogens is 1. The highest BCUT2D eigenvalue weighted by molar-refractivity contribution is 9.10. The maximum atomic E-state index is 12.2. The van der Waals surface area contributed by atoms with Crippen LogP contribution < -0.4 is 11.2 Å². The maximum Gasteiger partial charge on any atom is 0.346 e. The topological polar surface area (TPSA) is 91.8 Å². The summed E-state index contributed by atoms with van der Waals surface area (Å²) in [5.74, 6) is 0. The molecule has 0 unspecified atom stereocenters. The molecule has 3 heterocycles. The number of H-pyrrole nitrogens is 2. The van der Waals surface area contributed by atoms with Gasteiger partial charge in [0.05, 0.1) is 16.5 Å². The number of hydrogen-bond acceptors (Lipinski definition) is 4. The molecule has 3 aromatic heterocycles. The van der Waals surface area contributed by atoms with Crippen LogP contribution in [0.3, 0.4) is 0 Å². The Morgan fingerprint density at radius 2 is 1.95 bits per heavy atom. The van der Waals surface area contributed by atoms with Gasteiger partial charge in [0.2, 0.25) is 0 Å². The first kappa shape index (κ1) is 12.3. The third-order valence-electron chi connectivity index (χ3n) is 3.52. The lowest BCUT2D eigenvalue weighted by molar-refractivity contribution is 0.569. The summed E-state index contributed by atoms with van der Waals surface area (Å²) in [6.45, 7) is 1.72. The van der Waals surface area contributed by atoms with Crippen LogP contribution in [0.2, 0.25) is 0 Å². The summed E-state index contributed by atoms with van der Waals surface area (Å²) < 4.78 is 6.17. The van der Waals surface area contributed by atoms with Gasteiger partial charge in [0.1, 0.15) is 5.58 Å². The van der Waals surface area contributed by atoms with E-state index in [1.807, 2.05) is 6.07 Å². The fourth-order valence-corrected chi connectivity index (χ4v) is 3.01. The smallest absolute Gasteiger partial charge is 0.346 e. The molecule has 4 rings (SSSR count). The summed E-state index contributed by atoms with van der Waals surface area (Å²) >= 11 is 3.40. The second-order valence-corrected chi connectivity index (χ2v) is 5.70. The minimum atomic E-state index is -0.493. The number of nitrogens with one attached hydrogen (secondary N) is 2. The van der Waals surface area contributed by atoms with Crippen LogP contribution in [0.15, 0.2) is 36.7 Å². The van der Waals surface area contributed by atoms with Crippen molar-refractivity contribution in [3.8, 4) is 0 Å². The summed E-state index contributed by atoms with van der Waals surface area (Å²) in [5, 5.41) is 7.19. The van der Waals surface area contributed by atoms with Crippen molar-refractivity contribution in [1.29, 1.82) is 0 Å². The van der Waals surface area contributed by atoms with Crippen molar-refractivity contribution >= 4 is 48.7 Å². The highest BCUT2D eigenvalue weighted by Gasteiger charge is 2.17. The van der Waals surface area contributed by atoms with E-state index < -0.39 is 5.63 Å². The van der Waals surface area contributed by atoms with Gasteiger partial charge in [0.15, 0.2) is 5.65 Å². The fraction of sp³-hybridized carbons (Fsp3) is 0.0714. The minimum Gasteiger partial charge on any atom is -0.422 e. The molecule has 6 nitrogen and oxygen atoms in total. The van der Waals surface area contributed by atoms with Crippen molar-refractivity contribution in [2.75, 3.05) is 0 Å². The molecular formula is C14H8BrN3O3.